The van der Waals surface area contributed by atoms with Gasteiger partial charge in [-0.15, -0.1) is 0 Å². The molecule has 0 radical (unpaired) electrons. The molecule has 0 saturated heterocycles. The predicted octanol–water partition coefficient (Wildman–Crippen LogP) is 3.55. The van der Waals surface area contributed by atoms with Crippen LogP contribution in [0.15, 0.2) is 42.5 Å². The highest BCUT2D eigenvalue weighted by atomic mass is 16.3. The fourth-order valence-electron chi connectivity index (χ4n) is 1.84. The van der Waals surface area contributed by atoms with E-state index >= 15 is 0 Å². The molecule has 2 aromatic rings. The number of phenols is 1. The van der Waals surface area contributed by atoms with Crippen LogP contribution in [0.3, 0.4) is 0 Å². The monoisotopic (exact) mass is 284 g/mol. The number of aromatic hydroxyl groups is 1. The Labute approximate surface area is 122 Å². The number of carbonyl (C=O) groups excluding carboxylic acids is 2. The zero-order valence-electron chi connectivity index (χ0n) is 11.8. The Hall–Kier alpha value is -2.82. The number of carbonyl (C=O) groups is 2. The lowest BCUT2D eigenvalue weighted by molar-refractivity contribution is 0.101. The Morgan fingerprint density at radius 3 is 2.29 bits per heavy atom. The van der Waals surface area contributed by atoms with Crippen molar-refractivity contribution >= 4 is 23.2 Å². The molecule has 2 amide bonds. The van der Waals surface area contributed by atoms with Gasteiger partial charge in [0, 0.05) is 16.9 Å². The average Bonchev–Trinajstić information content (AvgIpc) is 2.43. The van der Waals surface area contributed by atoms with Crippen LogP contribution in [0.5, 0.6) is 5.75 Å². The number of hydrogen-bond acceptors (Lipinski definition) is 3. The number of rotatable bonds is 3. The second kappa shape index (κ2) is 6.09. The summed E-state index contributed by atoms with van der Waals surface area (Å²) in [6.07, 6.45) is 0. The highest BCUT2D eigenvalue weighted by Gasteiger charge is 2.06. The number of aryl methyl sites for hydroxylation is 1. The van der Waals surface area contributed by atoms with Gasteiger partial charge in [-0.1, -0.05) is 12.1 Å². The molecule has 0 fully saturated rings. The first-order valence-electron chi connectivity index (χ1n) is 6.44. The van der Waals surface area contributed by atoms with Crippen LogP contribution in [0.4, 0.5) is 16.2 Å². The van der Waals surface area contributed by atoms with Crippen molar-refractivity contribution in [2.75, 3.05) is 10.6 Å². The van der Waals surface area contributed by atoms with Crippen LogP contribution in [-0.4, -0.2) is 16.9 Å². The molecule has 0 atom stereocenters. The average molecular weight is 284 g/mol. The molecule has 5 nitrogen and oxygen atoms in total. The first kappa shape index (κ1) is 14.6. The summed E-state index contributed by atoms with van der Waals surface area (Å²) in [6, 6.07) is 11.1. The fraction of sp³-hybridized carbons (Fsp3) is 0.125. The standard InChI is InChI=1S/C16H16N2O3/c1-10-8-14(6-7-15(10)20)18-16(21)17-13-5-3-4-12(9-13)11(2)19/h3-9,20H,1-2H3,(H2,17,18,21). The van der Waals surface area contributed by atoms with Gasteiger partial charge in [-0.25, -0.2) is 4.79 Å². The van der Waals surface area contributed by atoms with E-state index in [0.29, 0.717) is 22.5 Å². The van der Waals surface area contributed by atoms with Crippen molar-refractivity contribution in [2.24, 2.45) is 0 Å². The Morgan fingerprint density at radius 1 is 1.00 bits per heavy atom. The van der Waals surface area contributed by atoms with Gasteiger partial charge < -0.3 is 15.7 Å². The van der Waals surface area contributed by atoms with Crippen molar-refractivity contribution in [3.05, 3.63) is 53.6 Å². The largest absolute Gasteiger partial charge is 0.508 e. The number of hydrogen-bond donors (Lipinski definition) is 3. The normalized spacial score (nSPS) is 10.0. The summed E-state index contributed by atoms with van der Waals surface area (Å²) >= 11 is 0. The molecule has 108 valence electrons. The van der Waals surface area contributed by atoms with Gasteiger partial charge in [0.2, 0.25) is 0 Å². The molecular formula is C16H16N2O3. The Balaban J connectivity index is 2.06. The molecule has 3 N–H and O–H groups in total. The van der Waals surface area contributed by atoms with E-state index in [9.17, 15) is 14.7 Å². The van der Waals surface area contributed by atoms with Crippen LogP contribution in [0.25, 0.3) is 0 Å². The number of phenolic OH excluding ortho intramolecular Hbond substituents is 1. The number of ketones is 1. The molecule has 0 spiro atoms. The number of urea groups is 1. The Morgan fingerprint density at radius 2 is 1.67 bits per heavy atom. The van der Waals surface area contributed by atoms with Crippen LogP contribution in [0.1, 0.15) is 22.8 Å². The molecule has 2 aromatic carbocycles. The van der Waals surface area contributed by atoms with E-state index in [1.54, 1.807) is 43.3 Å². The molecule has 0 bridgehead atoms. The van der Waals surface area contributed by atoms with Crippen molar-refractivity contribution in [3.63, 3.8) is 0 Å². The summed E-state index contributed by atoms with van der Waals surface area (Å²) in [5.74, 6) is 0.114. The topological polar surface area (TPSA) is 78.4 Å². The SMILES string of the molecule is CC(=O)c1cccc(NC(=O)Nc2ccc(O)c(C)c2)c1. The summed E-state index contributed by atoms with van der Waals surface area (Å²) in [6.45, 7) is 3.22. The van der Waals surface area contributed by atoms with Crippen molar-refractivity contribution in [1.82, 2.24) is 0 Å². The van der Waals surface area contributed by atoms with Crippen molar-refractivity contribution < 1.29 is 14.7 Å². The minimum atomic E-state index is -0.416. The maximum absolute atomic E-state index is 11.9. The zero-order valence-corrected chi connectivity index (χ0v) is 11.8. The molecule has 2 rings (SSSR count). The summed E-state index contributed by atoms with van der Waals surface area (Å²) in [4.78, 5) is 23.2. The van der Waals surface area contributed by atoms with E-state index in [1.165, 1.54) is 13.0 Å². The summed E-state index contributed by atoms with van der Waals surface area (Å²) in [7, 11) is 0. The molecule has 0 aromatic heterocycles. The first-order chi connectivity index (χ1) is 9.95. The molecular weight excluding hydrogens is 268 g/mol. The molecule has 0 aliphatic carbocycles. The summed E-state index contributed by atoms with van der Waals surface area (Å²) < 4.78 is 0. The van der Waals surface area contributed by atoms with Gasteiger partial charge in [0.15, 0.2) is 5.78 Å². The molecule has 0 heterocycles. The Bertz CT molecular complexity index is 696. The van der Waals surface area contributed by atoms with E-state index in [-0.39, 0.29) is 11.5 Å². The van der Waals surface area contributed by atoms with E-state index < -0.39 is 6.03 Å². The van der Waals surface area contributed by atoms with Crippen molar-refractivity contribution in [1.29, 1.82) is 0 Å². The van der Waals surface area contributed by atoms with Crippen LogP contribution in [0.2, 0.25) is 0 Å². The van der Waals surface area contributed by atoms with Gasteiger partial charge in [-0.05, 0) is 49.7 Å². The summed E-state index contributed by atoms with van der Waals surface area (Å²) in [5.41, 5.74) is 2.32. The summed E-state index contributed by atoms with van der Waals surface area (Å²) in [5, 5.41) is 14.8. The molecule has 0 aliphatic heterocycles. The number of benzene rings is 2. The van der Waals surface area contributed by atoms with Gasteiger partial charge in [-0.2, -0.15) is 0 Å². The third-order valence-electron chi connectivity index (χ3n) is 2.98. The third kappa shape index (κ3) is 3.82. The van der Waals surface area contributed by atoms with E-state index in [1.807, 2.05) is 0 Å². The van der Waals surface area contributed by atoms with Gasteiger partial charge in [0.25, 0.3) is 0 Å². The smallest absolute Gasteiger partial charge is 0.323 e. The highest BCUT2D eigenvalue weighted by molar-refractivity contribution is 6.01. The number of nitrogens with one attached hydrogen (secondary N) is 2. The van der Waals surface area contributed by atoms with Gasteiger partial charge in [0.1, 0.15) is 5.75 Å². The second-order valence-electron chi connectivity index (χ2n) is 4.72. The van der Waals surface area contributed by atoms with Crippen molar-refractivity contribution in [2.45, 2.75) is 13.8 Å². The Kier molecular flexibility index (Phi) is 4.23. The maximum atomic E-state index is 11.9. The minimum absolute atomic E-state index is 0.0618. The van der Waals surface area contributed by atoms with E-state index in [0.717, 1.165) is 0 Å². The number of anilines is 2. The number of Topliss-reactive ketones (excluding diaryl/α,β-unsaturated/α-hetero) is 1. The molecule has 0 aliphatic rings. The number of amides is 2. The predicted molar refractivity (Wildman–Crippen MR) is 81.9 cm³/mol. The highest BCUT2D eigenvalue weighted by Crippen LogP contribution is 2.20. The fourth-order valence-corrected chi connectivity index (χ4v) is 1.84. The van der Waals surface area contributed by atoms with Crippen LogP contribution >= 0.6 is 0 Å². The minimum Gasteiger partial charge on any atom is -0.508 e. The van der Waals surface area contributed by atoms with Crippen LogP contribution < -0.4 is 10.6 Å². The zero-order chi connectivity index (χ0) is 15.4. The molecule has 0 saturated carbocycles. The quantitative estimate of drug-likeness (QED) is 0.595. The lowest BCUT2D eigenvalue weighted by Gasteiger charge is -2.09. The van der Waals surface area contributed by atoms with Gasteiger partial charge >= 0.3 is 6.03 Å². The van der Waals surface area contributed by atoms with Crippen LogP contribution in [0, 0.1) is 6.92 Å². The molecule has 5 heteroatoms. The van der Waals surface area contributed by atoms with E-state index in [2.05, 4.69) is 10.6 Å². The first-order valence-corrected chi connectivity index (χ1v) is 6.44. The third-order valence-corrected chi connectivity index (χ3v) is 2.98. The van der Waals surface area contributed by atoms with E-state index in [4.69, 9.17) is 0 Å². The lowest BCUT2D eigenvalue weighted by Crippen LogP contribution is -2.19. The maximum Gasteiger partial charge on any atom is 0.323 e. The van der Waals surface area contributed by atoms with Crippen molar-refractivity contribution in [3.8, 4) is 5.75 Å². The lowest BCUT2D eigenvalue weighted by atomic mass is 10.1. The molecule has 21 heavy (non-hydrogen) atoms. The second-order valence-corrected chi connectivity index (χ2v) is 4.72. The van der Waals surface area contributed by atoms with Gasteiger partial charge in [-0.3, -0.25) is 4.79 Å². The van der Waals surface area contributed by atoms with Crippen LogP contribution in [-0.2, 0) is 0 Å². The molecule has 0 unspecified atom stereocenters. The van der Waals surface area contributed by atoms with Gasteiger partial charge in [0.05, 0.1) is 0 Å².